The van der Waals surface area contributed by atoms with Gasteiger partial charge in [0.2, 0.25) is 0 Å². The Hall–Kier alpha value is -1.00. The second-order valence-electron chi connectivity index (χ2n) is 4.38. The number of benzene rings is 2. The molecule has 4 heteroatoms. The molecule has 1 aliphatic heterocycles. The summed E-state index contributed by atoms with van der Waals surface area (Å²) in [4.78, 5) is 4.45. The van der Waals surface area contributed by atoms with Crippen LogP contribution >= 0.6 is 31.9 Å². The third-order valence-electron chi connectivity index (χ3n) is 3.32. The second kappa shape index (κ2) is 4.28. The lowest BCUT2D eigenvalue weighted by Crippen LogP contribution is -2.24. The van der Waals surface area contributed by atoms with Crippen molar-refractivity contribution in [2.75, 3.05) is 23.9 Å². The van der Waals surface area contributed by atoms with E-state index < -0.39 is 0 Å². The maximum absolute atomic E-state index is 3.54. The Morgan fingerprint density at radius 3 is 1.50 bits per heavy atom. The number of hydrogen-bond acceptors (Lipinski definition) is 2. The first kappa shape index (κ1) is 12.1. The molecule has 1 aliphatic rings. The zero-order valence-corrected chi connectivity index (χ0v) is 13.3. The molecule has 1 heterocycles. The average molecular weight is 368 g/mol. The van der Waals surface area contributed by atoms with Gasteiger partial charge in [0.05, 0.1) is 22.7 Å². The molecule has 0 N–H and O–H groups in total. The van der Waals surface area contributed by atoms with Gasteiger partial charge >= 0.3 is 0 Å². The summed E-state index contributed by atoms with van der Waals surface area (Å²) in [5.41, 5.74) is 4.85. The fraction of sp³-hybridized carbons (Fsp3) is 0.143. The summed E-state index contributed by atoms with van der Waals surface area (Å²) in [6.07, 6.45) is 0. The quantitative estimate of drug-likeness (QED) is 0.642. The van der Waals surface area contributed by atoms with Crippen LogP contribution in [0.5, 0.6) is 0 Å². The molecule has 92 valence electrons. The molecule has 0 unspecified atom stereocenters. The van der Waals surface area contributed by atoms with Crippen molar-refractivity contribution in [3.8, 4) is 0 Å². The van der Waals surface area contributed by atoms with Crippen LogP contribution in [0.3, 0.4) is 0 Å². The standard InChI is InChI=1S/C14H12Br2N2/c1-17-11-5-3-9(15)7-13(11)18(2)14-8-10(16)4-6-12(14)17/h3-8H,1-2H3. The Morgan fingerprint density at radius 1 is 0.667 bits per heavy atom. The van der Waals surface area contributed by atoms with Gasteiger partial charge in [0.15, 0.2) is 0 Å². The van der Waals surface area contributed by atoms with E-state index in [1.54, 1.807) is 0 Å². The van der Waals surface area contributed by atoms with Gasteiger partial charge in [0, 0.05) is 23.0 Å². The Labute approximate surface area is 123 Å². The van der Waals surface area contributed by atoms with Gasteiger partial charge in [-0.25, -0.2) is 0 Å². The number of nitrogens with zero attached hydrogens (tertiary/aromatic N) is 2. The van der Waals surface area contributed by atoms with E-state index in [9.17, 15) is 0 Å². The van der Waals surface area contributed by atoms with Gasteiger partial charge in [0.1, 0.15) is 0 Å². The third kappa shape index (κ3) is 1.75. The lowest BCUT2D eigenvalue weighted by Gasteiger charge is -2.36. The summed E-state index contributed by atoms with van der Waals surface area (Å²) < 4.78 is 2.19. The number of hydrogen-bond donors (Lipinski definition) is 0. The van der Waals surface area contributed by atoms with Crippen LogP contribution in [0.2, 0.25) is 0 Å². The summed E-state index contributed by atoms with van der Waals surface area (Å²) in [7, 11) is 4.20. The molecule has 0 fully saturated rings. The number of anilines is 4. The van der Waals surface area contributed by atoms with Crippen LogP contribution in [0, 0.1) is 0 Å². The zero-order valence-electron chi connectivity index (χ0n) is 10.1. The summed E-state index contributed by atoms with van der Waals surface area (Å²) >= 11 is 7.08. The SMILES string of the molecule is CN1c2ccc(Br)cc2N(C)c2cc(Br)ccc21. The molecule has 0 saturated carbocycles. The van der Waals surface area contributed by atoms with E-state index in [-0.39, 0.29) is 0 Å². The van der Waals surface area contributed by atoms with Gasteiger partial charge in [0.25, 0.3) is 0 Å². The van der Waals surface area contributed by atoms with E-state index in [4.69, 9.17) is 0 Å². The van der Waals surface area contributed by atoms with E-state index in [2.05, 4.69) is 92.2 Å². The van der Waals surface area contributed by atoms with Gasteiger partial charge in [-0.2, -0.15) is 0 Å². The Balaban J connectivity index is 2.25. The predicted octanol–water partition coefficient (Wildman–Crippen LogP) is 5.06. The Morgan fingerprint density at radius 2 is 1.06 bits per heavy atom. The van der Waals surface area contributed by atoms with Crippen molar-refractivity contribution in [1.82, 2.24) is 0 Å². The third-order valence-corrected chi connectivity index (χ3v) is 4.31. The Kier molecular flexibility index (Phi) is 2.87. The van der Waals surface area contributed by atoms with Crippen molar-refractivity contribution < 1.29 is 0 Å². The molecule has 0 aromatic heterocycles. The van der Waals surface area contributed by atoms with Crippen LogP contribution in [0.1, 0.15) is 0 Å². The highest BCUT2D eigenvalue weighted by Crippen LogP contribution is 2.47. The molecule has 0 atom stereocenters. The van der Waals surface area contributed by atoms with Crippen molar-refractivity contribution in [1.29, 1.82) is 0 Å². The summed E-state index contributed by atoms with van der Waals surface area (Å²) in [6, 6.07) is 12.7. The Bertz CT molecular complexity index is 572. The largest absolute Gasteiger partial charge is 0.341 e. The van der Waals surface area contributed by atoms with Gasteiger partial charge < -0.3 is 9.80 Å². The van der Waals surface area contributed by atoms with Crippen molar-refractivity contribution in [2.24, 2.45) is 0 Å². The van der Waals surface area contributed by atoms with Gasteiger partial charge in [-0.15, -0.1) is 0 Å². The fourth-order valence-corrected chi connectivity index (χ4v) is 3.06. The van der Waals surface area contributed by atoms with Crippen LogP contribution in [0.4, 0.5) is 22.7 Å². The van der Waals surface area contributed by atoms with Crippen LogP contribution < -0.4 is 9.80 Å². The van der Waals surface area contributed by atoms with E-state index in [0.29, 0.717) is 0 Å². The van der Waals surface area contributed by atoms with Crippen molar-refractivity contribution >= 4 is 54.6 Å². The normalized spacial score (nSPS) is 13.3. The maximum Gasteiger partial charge on any atom is 0.0661 e. The van der Waals surface area contributed by atoms with Crippen LogP contribution in [0.25, 0.3) is 0 Å². The molecule has 2 aromatic rings. The molecule has 18 heavy (non-hydrogen) atoms. The fourth-order valence-electron chi connectivity index (χ4n) is 2.36. The lowest BCUT2D eigenvalue weighted by molar-refractivity contribution is 1.09. The van der Waals surface area contributed by atoms with E-state index in [1.807, 2.05) is 0 Å². The molecule has 0 amide bonds. The topological polar surface area (TPSA) is 6.48 Å². The van der Waals surface area contributed by atoms with Crippen molar-refractivity contribution in [3.05, 3.63) is 45.3 Å². The first-order valence-corrected chi connectivity index (χ1v) is 7.23. The molecule has 2 nitrogen and oxygen atoms in total. The molecule has 0 aliphatic carbocycles. The van der Waals surface area contributed by atoms with Gasteiger partial charge in [-0.05, 0) is 36.4 Å². The molecule has 0 bridgehead atoms. The lowest BCUT2D eigenvalue weighted by atomic mass is 10.1. The molecule has 2 aromatic carbocycles. The smallest absolute Gasteiger partial charge is 0.0661 e. The van der Waals surface area contributed by atoms with Crippen molar-refractivity contribution in [2.45, 2.75) is 0 Å². The zero-order chi connectivity index (χ0) is 12.9. The molecule has 3 rings (SSSR count). The van der Waals surface area contributed by atoms with E-state index in [0.717, 1.165) is 8.95 Å². The van der Waals surface area contributed by atoms with Crippen LogP contribution in [-0.2, 0) is 0 Å². The van der Waals surface area contributed by atoms with Crippen molar-refractivity contribution in [3.63, 3.8) is 0 Å². The summed E-state index contributed by atoms with van der Waals surface area (Å²) in [5, 5.41) is 0. The van der Waals surface area contributed by atoms with Crippen LogP contribution in [0.15, 0.2) is 45.3 Å². The minimum absolute atomic E-state index is 1.10. The van der Waals surface area contributed by atoms with E-state index in [1.165, 1.54) is 22.7 Å². The molecule has 0 spiro atoms. The summed E-state index contributed by atoms with van der Waals surface area (Å²) in [5.74, 6) is 0. The van der Waals surface area contributed by atoms with E-state index >= 15 is 0 Å². The highest BCUT2D eigenvalue weighted by Gasteiger charge is 2.23. The predicted molar refractivity (Wildman–Crippen MR) is 84.4 cm³/mol. The first-order chi connectivity index (χ1) is 8.58. The highest BCUT2D eigenvalue weighted by molar-refractivity contribution is 9.10. The summed E-state index contributed by atoms with van der Waals surface area (Å²) in [6.45, 7) is 0. The van der Waals surface area contributed by atoms with Crippen LogP contribution in [-0.4, -0.2) is 14.1 Å². The monoisotopic (exact) mass is 366 g/mol. The number of fused-ring (bicyclic) bond motifs is 2. The molecular formula is C14H12Br2N2. The molecule has 0 saturated heterocycles. The molecular weight excluding hydrogens is 356 g/mol. The number of halogens is 2. The van der Waals surface area contributed by atoms with Gasteiger partial charge in [-0.1, -0.05) is 31.9 Å². The van der Waals surface area contributed by atoms with Gasteiger partial charge in [-0.3, -0.25) is 0 Å². The maximum atomic E-state index is 3.54. The molecule has 0 radical (unpaired) electrons. The highest BCUT2D eigenvalue weighted by atomic mass is 79.9. The number of rotatable bonds is 0. The minimum Gasteiger partial charge on any atom is -0.341 e. The minimum atomic E-state index is 1.10. The average Bonchev–Trinajstić information content (AvgIpc) is 2.35. The second-order valence-corrected chi connectivity index (χ2v) is 6.22. The first-order valence-electron chi connectivity index (χ1n) is 5.64.